The molecule has 0 rings (SSSR count). The number of hydrogen-bond acceptors (Lipinski definition) is 0. The van der Waals surface area contributed by atoms with Crippen LogP contribution < -0.4 is 0 Å². The van der Waals surface area contributed by atoms with E-state index in [0.717, 1.165) is 0 Å². The van der Waals surface area contributed by atoms with E-state index in [1.54, 1.807) is 0 Å². The molecule has 4 heteroatoms. The molecule has 0 aliphatic rings. The van der Waals surface area contributed by atoms with Gasteiger partial charge in [-0.3, -0.25) is 4.39 Å². The smallest absolute Gasteiger partial charge is 0.251 e. The Morgan fingerprint density at radius 1 is 1.36 bits per heavy atom. The van der Waals surface area contributed by atoms with E-state index < -0.39 is 31.6 Å². The van der Waals surface area contributed by atoms with Crippen molar-refractivity contribution in [2.24, 2.45) is 0 Å². The molecule has 0 bridgehead atoms. The van der Waals surface area contributed by atoms with Crippen molar-refractivity contribution in [1.82, 2.24) is 0 Å². The topological polar surface area (TPSA) is 0 Å². The summed E-state index contributed by atoms with van der Waals surface area (Å²) in [5, 5.41) is 0. The van der Waals surface area contributed by atoms with Crippen molar-refractivity contribution >= 4 is 0 Å². The lowest BCUT2D eigenvalue weighted by molar-refractivity contribution is -0.0781. The van der Waals surface area contributed by atoms with E-state index in [-0.39, 0.29) is 6.42 Å². The van der Waals surface area contributed by atoms with Crippen LogP contribution in [0.1, 0.15) is 26.2 Å². The van der Waals surface area contributed by atoms with Crippen LogP contribution in [0.25, 0.3) is 0 Å². The van der Waals surface area contributed by atoms with E-state index in [1.165, 1.54) is 6.92 Å². The Balaban J connectivity index is 3.71. The van der Waals surface area contributed by atoms with Crippen molar-refractivity contribution in [3.05, 3.63) is 0 Å². The second-order valence-corrected chi connectivity index (χ2v) is 2.41. The molecule has 0 aromatic heterocycles. The maximum absolute atomic E-state index is 12.5. The zero-order valence-corrected chi connectivity index (χ0v) is 6.42. The average molecular weight is 172 g/mol. The SMILES string of the molecule is CCC(F)(F)[C@@H](F)CCCF. The zero-order valence-electron chi connectivity index (χ0n) is 6.42. The molecule has 0 aliphatic heterocycles. The predicted molar refractivity (Wildman–Crippen MR) is 35.3 cm³/mol. The van der Waals surface area contributed by atoms with Gasteiger partial charge in [-0.1, -0.05) is 6.92 Å². The van der Waals surface area contributed by atoms with Crippen LogP contribution in [0.3, 0.4) is 0 Å². The van der Waals surface area contributed by atoms with Crippen molar-refractivity contribution in [3.63, 3.8) is 0 Å². The van der Waals surface area contributed by atoms with Gasteiger partial charge in [0, 0.05) is 6.42 Å². The third-order valence-electron chi connectivity index (χ3n) is 1.52. The van der Waals surface area contributed by atoms with Gasteiger partial charge >= 0.3 is 0 Å². The first-order valence-electron chi connectivity index (χ1n) is 3.62. The van der Waals surface area contributed by atoms with Gasteiger partial charge in [-0.15, -0.1) is 0 Å². The van der Waals surface area contributed by atoms with Crippen LogP contribution >= 0.6 is 0 Å². The Hall–Kier alpha value is -0.280. The largest absolute Gasteiger partial charge is 0.278 e. The minimum absolute atomic E-state index is 0.128. The molecule has 0 aromatic carbocycles. The lowest BCUT2D eigenvalue weighted by atomic mass is 10.1. The molecular formula is C7H12F4. The summed E-state index contributed by atoms with van der Waals surface area (Å²) in [4.78, 5) is 0. The van der Waals surface area contributed by atoms with Gasteiger partial charge in [0.2, 0.25) is 0 Å². The Morgan fingerprint density at radius 2 is 1.91 bits per heavy atom. The van der Waals surface area contributed by atoms with Gasteiger partial charge in [0.15, 0.2) is 6.17 Å². The summed E-state index contributed by atoms with van der Waals surface area (Å²) in [6.07, 6.45) is -3.24. The Morgan fingerprint density at radius 3 is 2.27 bits per heavy atom. The number of rotatable bonds is 5. The molecule has 1 atom stereocenters. The summed E-state index contributed by atoms with van der Waals surface area (Å²) >= 11 is 0. The van der Waals surface area contributed by atoms with Crippen LogP contribution in [0, 0.1) is 0 Å². The molecule has 11 heavy (non-hydrogen) atoms. The fourth-order valence-electron chi connectivity index (χ4n) is 0.689. The number of halogens is 4. The van der Waals surface area contributed by atoms with Crippen LogP contribution in [0.2, 0.25) is 0 Å². The van der Waals surface area contributed by atoms with Gasteiger partial charge in [-0.2, -0.15) is 0 Å². The third kappa shape index (κ3) is 3.58. The van der Waals surface area contributed by atoms with Gasteiger partial charge in [0.05, 0.1) is 6.67 Å². The number of alkyl halides is 4. The summed E-state index contributed by atoms with van der Waals surface area (Å²) in [5.41, 5.74) is 0. The van der Waals surface area contributed by atoms with Gasteiger partial charge < -0.3 is 0 Å². The van der Waals surface area contributed by atoms with Crippen LogP contribution in [0.5, 0.6) is 0 Å². The molecule has 0 N–H and O–H groups in total. The monoisotopic (exact) mass is 172 g/mol. The summed E-state index contributed by atoms with van der Waals surface area (Å²) in [5.74, 6) is -3.28. The van der Waals surface area contributed by atoms with Gasteiger partial charge in [-0.05, 0) is 12.8 Å². The molecule has 0 aromatic rings. The fourth-order valence-corrected chi connectivity index (χ4v) is 0.689. The van der Waals surface area contributed by atoms with Crippen LogP contribution in [0.15, 0.2) is 0 Å². The molecule has 0 nitrogen and oxygen atoms in total. The molecule has 0 saturated carbocycles. The van der Waals surface area contributed by atoms with Gasteiger partial charge in [0.25, 0.3) is 5.92 Å². The maximum atomic E-state index is 12.5. The highest BCUT2D eigenvalue weighted by molar-refractivity contribution is 4.74. The molecule has 68 valence electrons. The lowest BCUT2D eigenvalue weighted by Crippen LogP contribution is -2.28. The first-order chi connectivity index (χ1) is 5.04. The molecule has 0 spiro atoms. The van der Waals surface area contributed by atoms with E-state index in [1.807, 2.05) is 0 Å². The summed E-state index contributed by atoms with van der Waals surface area (Å²) in [6, 6.07) is 0. The first-order valence-corrected chi connectivity index (χ1v) is 3.62. The van der Waals surface area contributed by atoms with Crippen molar-refractivity contribution < 1.29 is 17.6 Å². The predicted octanol–water partition coefficient (Wildman–Crippen LogP) is 3.12. The van der Waals surface area contributed by atoms with Crippen molar-refractivity contribution in [1.29, 1.82) is 0 Å². The molecular weight excluding hydrogens is 160 g/mol. The zero-order chi connectivity index (χ0) is 8.91. The Labute approximate surface area is 63.6 Å². The average Bonchev–Trinajstić information content (AvgIpc) is 2.00. The summed E-state index contributed by atoms with van der Waals surface area (Å²) < 4.78 is 48.6. The van der Waals surface area contributed by atoms with Crippen molar-refractivity contribution in [2.45, 2.75) is 38.3 Å². The van der Waals surface area contributed by atoms with Gasteiger partial charge in [0.1, 0.15) is 0 Å². The van der Waals surface area contributed by atoms with Crippen LogP contribution in [-0.2, 0) is 0 Å². The number of hydrogen-bond donors (Lipinski definition) is 0. The second kappa shape index (κ2) is 4.57. The highest BCUT2D eigenvalue weighted by Crippen LogP contribution is 2.27. The highest BCUT2D eigenvalue weighted by atomic mass is 19.3. The molecule has 0 saturated heterocycles. The first kappa shape index (κ1) is 10.7. The summed E-state index contributed by atoms with van der Waals surface area (Å²) in [6.45, 7) is 0.474. The van der Waals surface area contributed by atoms with E-state index in [4.69, 9.17) is 0 Å². The lowest BCUT2D eigenvalue weighted by Gasteiger charge is -2.17. The normalized spacial score (nSPS) is 15.0. The molecule has 0 fully saturated rings. The quantitative estimate of drug-likeness (QED) is 0.559. The maximum Gasteiger partial charge on any atom is 0.278 e. The molecule has 0 radical (unpaired) electrons. The Bertz CT molecular complexity index is 103. The van der Waals surface area contributed by atoms with Crippen LogP contribution in [0.4, 0.5) is 17.6 Å². The van der Waals surface area contributed by atoms with E-state index in [9.17, 15) is 17.6 Å². The second-order valence-electron chi connectivity index (χ2n) is 2.41. The third-order valence-corrected chi connectivity index (χ3v) is 1.52. The van der Waals surface area contributed by atoms with E-state index in [2.05, 4.69) is 0 Å². The van der Waals surface area contributed by atoms with Crippen molar-refractivity contribution in [3.8, 4) is 0 Å². The van der Waals surface area contributed by atoms with E-state index in [0.29, 0.717) is 0 Å². The molecule has 0 unspecified atom stereocenters. The fraction of sp³-hybridized carbons (Fsp3) is 1.00. The standard InChI is InChI=1S/C7H12F4/c1-2-7(10,11)6(9)4-3-5-8/h6H,2-5H2,1H3/t6-/m0/s1. The van der Waals surface area contributed by atoms with Gasteiger partial charge in [-0.25, -0.2) is 13.2 Å². The van der Waals surface area contributed by atoms with Crippen LogP contribution in [-0.4, -0.2) is 18.8 Å². The summed E-state index contributed by atoms with van der Waals surface area (Å²) in [7, 11) is 0. The minimum Gasteiger partial charge on any atom is -0.251 e. The highest BCUT2D eigenvalue weighted by Gasteiger charge is 2.37. The Kier molecular flexibility index (Phi) is 4.45. The molecule has 0 amide bonds. The molecule has 0 heterocycles. The minimum atomic E-state index is -3.28. The van der Waals surface area contributed by atoms with E-state index >= 15 is 0 Å². The van der Waals surface area contributed by atoms with Crippen molar-refractivity contribution in [2.75, 3.05) is 6.67 Å². The molecule has 0 aliphatic carbocycles.